The minimum atomic E-state index is -0.101. The van der Waals surface area contributed by atoms with E-state index in [4.69, 9.17) is 5.73 Å². The SMILES string of the molecule is CSC1CCCC1NC(=O)c1ccc(N)cn1. The summed E-state index contributed by atoms with van der Waals surface area (Å²) in [6, 6.07) is 3.63. The van der Waals surface area contributed by atoms with Crippen LogP contribution in [0.3, 0.4) is 0 Å². The van der Waals surface area contributed by atoms with Crippen LogP contribution in [-0.2, 0) is 0 Å². The highest BCUT2D eigenvalue weighted by Gasteiger charge is 2.28. The molecule has 2 unspecified atom stereocenters. The number of pyridine rings is 1. The monoisotopic (exact) mass is 251 g/mol. The first kappa shape index (κ1) is 12.2. The molecule has 0 spiro atoms. The molecule has 1 aromatic heterocycles. The number of thioether (sulfide) groups is 1. The van der Waals surface area contributed by atoms with Gasteiger partial charge in [0.1, 0.15) is 5.69 Å². The number of hydrogen-bond acceptors (Lipinski definition) is 4. The topological polar surface area (TPSA) is 68.0 Å². The third kappa shape index (κ3) is 2.91. The first-order valence-electron chi connectivity index (χ1n) is 5.76. The summed E-state index contributed by atoms with van der Waals surface area (Å²) in [6.07, 6.45) is 7.03. The van der Waals surface area contributed by atoms with Gasteiger partial charge in [0.2, 0.25) is 0 Å². The van der Waals surface area contributed by atoms with Crippen LogP contribution in [0.4, 0.5) is 5.69 Å². The smallest absolute Gasteiger partial charge is 0.270 e. The molecule has 1 saturated carbocycles. The van der Waals surface area contributed by atoms with Crippen molar-refractivity contribution in [2.24, 2.45) is 0 Å². The molecule has 17 heavy (non-hydrogen) atoms. The molecule has 1 amide bonds. The van der Waals surface area contributed by atoms with Crippen LogP contribution in [0.5, 0.6) is 0 Å². The van der Waals surface area contributed by atoms with Gasteiger partial charge in [-0.15, -0.1) is 0 Å². The van der Waals surface area contributed by atoms with E-state index in [1.54, 1.807) is 12.1 Å². The van der Waals surface area contributed by atoms with Gasteiger partial charge in [-0.25, -0.2) is 4.98 Å². The van der Waals surface area contributed by atoms with Gasteiger partial charge in [0, 0.05) is 11.3 Å². The molecule has 92 valence electrons. The number of hydrogen-bond donors (Lipinski definition) is 2. The highest BCUT2D eigenvalue weighted by molar-refractivity contribution is 7.99. The van der Waals surface area contributed by atoms with Gasteiger partial charge in [-0.1, -0.05) is 6.42 Å². The Morgan fingerprint density at radius 1 is 1.53 bits per heavy atom. The molecule has 1 heterocycles. The lowest BCUT2D eigenvalue weighted by molar-refractivity contribution is 0.0933. The lowest BCUT2D eigenvalue weighted by Crippen LogP contribution is -2.38. The molecule has 1 aliphatic rings. The van der Waals surface area contributed by atoms with Gasteiger partial charge in [0.15, 0.2) is 0 Å². The summed E-state index contributed by atoms with van der Waals surface area (Å²) in [4.78, 5) is 16.0. The quantitative estimate of drug-likeness (QED) is 0.857. The number of aromatic nitrogens is 1. The van der Waals surface area contributed by atoms with Crippen LogP contribution >= 0.6 is 11.8 Å². The number of nitrogens with zero attached hydrogens (tertiary/aromatic N) is 1. The molecule has 0 saturated heterocycles. The van der Waals surface area contributed by atoms with Gasteiger partial charge in [0.05, 0.1) is 11.9 Å². The molecule has 2 rings (SSSR count). The molecular formula is C12H17N3OS. The second kappa shape index (κ2) is 5.40. The molecule has 4 nitrogen and oxygen atoms in total. The summed E-state index contributed by atoms with van der Waals surface area (Å²) in [5, 5.41) is 3.59. The van der Waals surface area contributed by atoms with Crippen molar-refractivity contribution < 1.29 is 4.79 Å². The maximum atomic E-state index is 11.9. The summed E-state index contributed by atoms with van der Waals surface area (Å²) in [7, 11) is 0. The zero-order valence-corrected chi connectivity index (χ0v) is 10.7. The normalized spacial score (nSPS) is 23.6. The average molecular weight is 251 g/mol. The van der Waals surface area contributed by atoms with Crippen molar-refractivity contribution in [3.05, 3.63) is 24.0 Å². The van der Waals surface area contributed by atoms with E-state index in [2.05, 4.69) is 16.6 Å². The van der Waals surface area contributed by atoms with E-state index in [1.165, 1.54) is 19.0 Å². The fourth-order valence-electron chi connectivity index (χ4n) is 2.16. The molecular weight excluding hydrogens is 234 g/mol. The molecule has 5 heteroatoms. The Bertz CT molecular complexity index is 393. The number of rotatable bonds is 3. The third-order valence-electron chi connectivity index (χ3n) is 3.09. The van der Waals surface area contributed by atoms with E-state index in [9.17, 15) is 4.79 Å². The Balaban J connectivity index is 1.99. The molecule has 0 radical (unpaired) electrons. The summed E-state index contributed by atoms with van der Waals surface area (Å²) in [6.45, 7) is 0. The predicted octanol–water partition coefficient (Wildman–Crippen LogP) is 1.68. The Morgan fingerprint density at radius 3 is 3.00 bits per heavy atom. The fourth-order valence-corrected chi connectivity index (χ4v) is 3.09. The Labute approximate surface area is 105 Å². The third-order valence-corrected chi connectivity index (χ3v) is 4.26. The standard InChI is InChI=1S/C12H17N3OS/c1-17-11-4-2-3-9(11)15-12(16)10-6-5-8(13)7-14-10/h5-7,9,11H,2-4,13H2,1H3,(H,15,16). The number of nitrogen functional groups attached to an aromatic ring is 1. The van der Waals surface area contributed by atoms with Crippen molar-refractivity contribution in [2.45, 2.75) is 30.6 Å². The molecule has 0 aliphatic heterocycles. The molecule has 0 aromatic carbocycles. The number of amides is 1. The first-order chi connectivity index (χ1) is 8.20. The minimum Gasteiger partial charge on any atom is -0.397 e. The van der Waals surface area contributed by atoms with Gasteiger partial charge in [0.25, 0.3) is 5.91 Å². The van der Waals surface area contributed by atoms with Crippen molar-refractivity contribution in [1.82, 2.24) is 10.3 Å². The molecule has 3 N–H and O–H groups in total. The van der Waals surface area contributed by atoms with Crippen LogP contribution in [0.15, 0.2) is 18.3 Å². The van der Waals surface area contributed by atoms with E-state index in [-0.39, 0.29) is 11.9 Å². The van der Waals surface area contributed by atoms with E-state index >= 15 is 0 Å². The molecule has 1 fully saturated rings. The van der Waals surface area contributed by atoms with Gasteiger partial charge in [-0.3, -0.25) is 4.79 Å². The average Bonchev–Trinajstić information content (AvgIpc) is 2.77. The van der Waals surface area contributed by atoms with Crippen LogP contribution < -0.4 is 11.1 Å². The van der Waals surface area contributed by atoms with E-state index in [0.717, 1.165) is 6.42 Å². The molecule has 1 aromatic rings. The van der Waals surface area contributed by atoms with Crippen LogP contribution in [0.25, 0.3) is 0 Å². The largest absolute Gasteiger partial charge is 0.397 e. The summed E-state index contributed by atoms with van der Waals surface area (Å²) < 4.78 is 0. The highest BCUT2D eigenvalue weighted by atomic mass is 32.2. The lowest BCUT2D eigenvalue weighted by Gasteiger charge is -2.18. The molecule has 0 bridgehead atoms. The number of nitrogens with two attached hydrogens (primary N) is 1. The molecule has 1 aliphatic carbocycles. The van der Waals surface area contributed by atoms with Crippen molar-refractivity contribution in [3.8, 4) is 0 Å². The number of nitrogens with one attached hydrogen (secondary N) is 1. The number of anilines is 1. The van der Waals surface area contributed by atoms with Crippen LogP contribution in [0.1, 0.15) is 29.8 Å². The van der Waals surface area contributed by atoms with Crippen molar-refractivity contribution in [1.29, 1.82) is 0 Å². The molecule has 2 atom stereocenters. The predicted molar refractivity (Wildman–Crippen MR) is 71.1 cm³/mol. The fraction of sp³-hybridized carbons (Fsp3) is 0.500. The summed E-state index contributed by atoms with van der Waals surface area (Å²) in [5.41, 5.74) is 6.55. The minimum absolute atomic E-state index is 0.101. The lowest BCUT2D eigenvalue weighted by atomic mass is 10.2. The van der Waals surface area contributed by atoms with Gasteiger partial charge in [-0.05, 0) is 31.2 Å². The zero-order valence-electron chi connectivity index (χ0n) is 9.85. The summed E-state index contributed by atoms with van der Waals surface area (Å²) in [5.74, 6) is -0.101. The Morgan fingerprint density at radius 2 is 2.35 bits per heavy atom. The summed E-state index contributed by atoms with van der Waals surface area (Å²) >= 11 is 1.83. The van der Waals surface area contributed by atoms with Gasteiger partial charge >= 0.3 is 0 Å². The van der Waals surface area contributed by atoms with Crippen molar-refractivity contribution in [3.63, 3.8) is 0 Å². The van der Waals surface area contributed by atoms with Crippen molar-refractivity contribution >= 4 is 23.4 Å². The second-order valence-electron chi connectivity index (χ2n) is 4.26. The Kier molecular flexibility index (Phi) is 3.89. The van der Waals surface area contributed by atoms with Crippen molar-refractivity contribution in [2.75, 3.05) is 12.0 Å². The number of carbonyl (C=O) groups is 1. The van der Waals surface area contributed by atoms with E-state index < -0.39 is 0 Å². The first-order valence-corrected chi connectivity index (χ1v) is 7.04. The highest BCUT2D eigenvalue weighted by Crippen LogP contribution is 2.28. The maximum Gasteiger partial charge on any atom is 0.270 e. The van der Waals surface area contributed by atoms with Crippen LogP contribution in [0, 0.1) is 0 Å². The number of carbonyl (C=O) groups excluding carboxylic acids is 1. The second-order valence-corrected chi connectivity index (χ2v) is 5.34. The van der Waals surface area contributed by atoms with Gasteiger partial charge < -0.3 is 11.1 Å². The van der Waals surface area contributed by atoms with E-state index in [0.29, 0.717) is 16.6 Å². The Hall–Kier alpha value is -1.23. The van der Waals surface area contributed by atoms with Crippen LogP contribution in [0.2, 0.25) is 0 Å². The zero-order chi connectivity index (χ0) is 12.3. The van der Waals surface area contributed by atoms with E-state index in [1.807, 2.05) is 11.8 Å². The maximum absolute atomic E-state index is 11.9. The van der Waals surface area contributed by atoms with Gasteiger partial charge in [-0.2, -0.15) is 11.8 Å². The van der Waals surface area contributed by atoms with Crippen LogP contribution in [-0.4, -0.2) is 28.4 Å².